The molecular formula is C36H45N7O4S. The fourth-order valence-electron chi connectivity index (χ4n) is 8.16. The molecule has 1 spiro atoms. The lowest BCUT2D eigenvalue weighted by Gasteiger charge is -2.39. The number of fused-ring (bicyclic) bond motifs is 4. The molecule has 254 valence electrons. The number of rotatable bonds is 5. The number of hydrogen-bond acceptors (Lipinski definition) is 11. The maximum Gasteiger partial charge on any atom is 0.410 e. The van der Waals surface area contributed by atoms with Gasteiger partial charge in [0.05, 0.1) is 16.7 Å². The van der Waals surface area contributed by atoms with Crippen molar-refractivity contribution in [2.75, 3.05) is 32.4 Å². The first-order chi connectivity index (χ1) is 23.0. The quantitative estimate of drug-likeness (QED) is 0.320. The lowest BCUT2D eigenvalue weighted by molar-refractivity contribution is 0.0270. The van der Waals surface area contributed by atoms with E-state index in [1.165, 1.54) is 16.2 Å². The molecule has 5 heterocycles. The van der Waals surface area contributed by atoms with Gasteiger partial charge in [0.25, 0.3) is 0 Å². The van der Waals surface area contributed by atoms with Gasteiger partial charge in [-0.15, -0.1) is 11.3 Å². The number of carbonyl (C=O) groups is 1. The molecule has 0 aromatic carbocycles. The van der Waals surface area contributed by atoms with Crippen molar-refractivity contribution in [3.05, 3.63) is 45.2 Å². The van der Waals surface area contributed by atoms with Gasteiger partial charge in [-0.2, -0.15) is 10.2 Å². The number of nitrogen functional groups attached to an aromatic ring is 1. The summed E-state index contributed by atoms with van der Waals surface area (Å²) in [5, 5.41) is 15.4. The molecule has 0 unspecified atom stereocenters. The maximum absolute atomic E-state index is 12.8. The molecule has 2 aliphatic carbocycles. The number of likely N-dealkylation sites (N-methyl/N-ethyl adjacent to an activating group) is 1. The van der Waals surface area contributed by atoms with Crippen LogP contribution in [0, 0.1) is 11.3 Å². The minimum atomic E-state index is -0.556. The van der Waals surface area contributed by atoms with E-state index in [1.54, 1.807) is 4.90 Å². The van der Waals surface area contributed by atoms with Crippen LogP contribution in [0.1, 0.15) is 106 Å². The molecule has 1 saturated heterocycles. The van der Waals surface area contributed by atoms with Gasteiger partial charge in [0.2, 0.25) is 5.88 Å². The van der Waals surface area contributed by atoms with Crippen LogP contribution in [0.5, 0.6) is 5.88 Å². The third kappa shape index (κ3) is 5.85. The molecule has 0 radical (unpaired) electrons. The second-order valence-corrected chi connectivity index (χ2v) is 15.9. The molecule has 4 aliphatic rings. The zero-order valence-corrected chi connectivity index (χ0v) is 29.4. The first kappa shape index (κ1) is 32.6. The highest BCUT2D eigenvalue weighted by atomic mass is 32.1. The smallest absolute Gasteiger partial charge is 0.410 e. The summed E-state index contributed by atoms with van der Waals surface area (Å²) >= 11 is 1.54. The van der Waals surface area contributed by atoms with Crippen LogP contribution in [0.3, 0.4) is 0 Å². The van der Waals surface area contributed by atoms with Crippen LogP contribution in [0.4, 0.5) is 9.80 Å². The monoisotopic (exact) mass is 671 g/mol. The molecule has 3 aromatic rings. The first-order valence-electron chi connectivity index (χ1n) is 17.2. The van der Waals surface area contributed by atoms with Gasteiger partial charge >= 0.3 is 6.09 Å². The third-order valence-corrected chi connectivity index (χ3v) is 11.5. The number of aryl methyl sites for hydroxylation is 1. The topological polar surface area (TPSA) is 144 Å². The number of hydrogen-bond donors (Lipinski definition) is 1. The Morgan fingerprint density at radius 3 is 2.67 bits per heavy atom. The molecule has 48 heavy (non-hydrogen) atoms. The molecule has 2 aliphatic heterocycles. The first-order valence-corrected chi connectivity index (χ1v) is 18.0. The molecule has 0 saturated carbocycles. The molecule has 2 N–H and O–H groups in total. The predicted molar refractivity (Wildman–Crippen MR) is 184 cm³/mol. The van der Waals surface area contributed by atoms with E-state index >= 15 is 0 Å². The van der Waals surface area contributed by atoms with Crippen LogP contribution >= 0.6 is 11.3 Å². The second-order valence-electron chi connectivity index (χ2n) is 14.7. The third-order valence-electron chi connectivity index (χ3n) is 10.4. The van der Waals surface area contributed by atoms with Gasteiger partial charge in [-0.3, -0.25) is 4.90 Å². The van der Waals surface area contributed by atoms with Gasteiger partial charge in [-0.05, 0) is 110 Å². The normalized spacial score (nSPS) is 23.3. The average molecular weight is 672 g/mol. The van der Waals surface area contributed by atoms with E-state index < -0.39 is 11.0 Å². The van der Waals surface area contributed by atoms with Gasteiger partial charge < -0.3 is 24.6 Å². The number of ether oxygens (including phenoxy) is 2. The van der Waals surface area contributed by atoms with Crippen LogP contribution < -0.4 is 10.5 Å². The highest BCUT2D eigenvalue weighted by Gasteiger charge is 2.49. The molecule has 7 rings (SSSR count). The van der Waals surface area contributed by atoms with Crippen molar-refractivity contribution in [3.63, 3.8) is 0 Å². The molecule has 3 aromatic heterocycles. The molecule has 0 bridgehead atoms. The summed E-state index contributed by atoms with van der Waals surface area (Å²) < 4.78 is 18.5. The summed E-state index contributed by atoms with van der Waals surface area (Å²) in [4.78, 5) is 28.0. The van der Waals surface area contributed by atoms with Gasteiger partial charge in [0.15, 0.2) is 17.3 Å². The van der Waals surface area contributed by atoms with E-state index in [-0.39, 0.29) is 12.2 Å². The Morgan fingerprint density at radius 2 is 1.98 bits per heavy atom. The number of carbonyl (C=O) groups excluding carboxylic acids is 1. The van der Waals surface area contributed by atoms with E-state index in [0.717, 1.165) is 86.1 Å². The van der Waals surface area contributed by atoms with E-state index in [2.05, 4.69) is 30.1 Å². The average Bonchev–Trinajstić information content (AvgIpc) is 3.77. The lowest BCUT2D eigenvalue weighted by Crippen LogP contribution is -2.39. The standard InChI is InChI=1S/C36H45N7O4S/c1-21(26-10-8-16-42(26)5)45-28-19-25(22-12-17-43(18-13-22)34(44)46-35(2,3)4)39-33(40-28)30-23-9-6-14-36(31(23)47-41-30)15-7-11-27-29(36)24(20-37)32(38)48-27/h12,19,21,26H,6-11,13-18,38H2,1-5H3/t21-,26-,36-/m0/s1. The van der Waals surface area contributed by atoms with Crippen LogP contribution in [0.25, 0.3) is 17.1 Å². The number of thiophene rings is 1. The van der Waals surface area contributed by atoms with Crippen LogP contribution in [-0.2, 0) is 23.0 Å². The van der Waals surface area contributed by atoms with Crippen molar-refractivity contribution in [2.45, 2.75) is 109 Å². The Balaban J connectivity index is 1.27. The zero-order chi connectivity index (χ0) is 33.8. The Hall–Kier alpha value is -3.95. The maximum atomic E-state index is 12.8. The SMILES string of the molecule is C[C@H](Oc1cc(C2=CCN(C(=O)OC(C)(C)C)CC2)nc(-c2noc3c2CCC[C@@]32CCCc3sc(N)c(C#N)c32)n1)[C@@H]1CCCN1C. The van der Waals surface area contributed by atoms with E-state index in [4.69, 9.17) is 29.7 Å². The number of aromatic nitrogens is 3. The minimum Gasteiger partial charge on any atom is -0.473 e. The number of likely N-dealkylation sites (tertiary alicyclic amines) is 1. The van der Waals surface area contributed by atoms with Gasteiger partial charge in [0, 0.05) is 35.6 Å². The fourth-order valence-corrected chi connectivity index (χ4v) is 9.33. The zero-order valence-electron chi connectivity index (χ0n) is 28.6. The molecule has 3 atom stereocenters. The molecule has 1 fully saturated rings. The fraction of sp³-hybridized carbons (Fsp3) is 0.583. The number of nitriles is 1. The Bertz CT molecular complexity index is 1800. The molecule has 12 heteroatoms. The number of anilines is 1. The second kappa shape index (κ2) is 12.5. The highest BCUT2D eigenvalue weighted by molar-refractivity contribution is 7.16. The number of nitrogens with zero attached hydrogens (tertiary/aromatic N) is 6. The molecular weight excluding hydrogens is 627 g/mol. The van der Waals surface area contributed by atoms with Gasteiger partial charge in [-0.1, -0.05) is 11.2 Å². The van der Waals surface area contributed by atoms with E-state index in [9.17, 15) is 10.1 Å². The minimum absolute atomic E-state index is 0.0697. The molecule has 1 amide bonds. The van der Waals surface area contributed by atoms with Crippen molar-refractivity contribution in [1.29, 1.82) is 5.26 Å². The lowest BCUT2D eigenvalue weighted by atomic mass is 9.63. The Kier molecular flexibility index (Phi) is 8.48. The highest BCUT2D eigenvalue weighted by Crippen LogP contribution is 2.55. The van der Waals surface area contributed by atoms with Crippen molar-refractivity contribution >= 4 is 28.0 Å². The predicted octanol–water partition coefficient (Wildman–Crippen LogP) is 6.49. The van der Waals surface area contributed by atoms with Gasteiger partial charge in [-0.25, -0.2) is 9.78 Å². The van der Waals surface area contributed by atoms with Crippen LogP contribution in [-0.4, -0.2) is 75.4 Å². The Morgan fingerprint density at radius 1 is 1.19 bits per heavy atom. The molecule has 11 nitrogen and oxygen atoms in total. The van der Waals surface area contributed by atoms with Crippen LogP contribution in [0.15, 0.2) is 16.7 Å². The summed E-state index contributed by atoms with van der Waals surface area (Å²) in [7, 11) is 2.14. The van der Waals surface area contributed by atoms with Crippen molar-refractivity contribution < 1.29 is 18.8 Å². The largest absolute Gasteiger partial charge is 0.473 e. The summed E-state index contributed by atoms with van der Waals surface area (Å²) in [6.07, 6.45) is 9.90. The number of amides is 1. The number of nitrogens with two attached hydrogens (primary N) is 1. The Labute approximate surface area is 286 Å². The van der Waals surface area contributed by atoms with Crippen molar-refractivity contribution in [1.82, 2.24) is 24.9 Å². The van der Waals surface area contributed by atoms with E-state index in [1.807, 2.05) is 32.9 Å². The summed E-state index contributed by atoms with van der Waals surface area (Å²) in [5.74, 6) is 1.78. The van der Waals surface area contributed by atoms with Crippen LogP contribution in [0.2, 0.25) is 0 Å². The summed E-state index contributed by atoms with van der Waals surface area (Å²) in [5.41, 5.74) is 10.4. The van der Waals surface area contributed by atoms with Gasteiger partial charge in [0.1, 0.15) is 22.8 Å². The van der Waals surface area contributed by atoms with Crippen molar-refractivity contribution in [2.24, 2.45) is 0 Å². The van der Waals surface area contributed by atoms with Crippen molar-refractivity contribution in [3.8, 4) is 23.5 Å². The van der Waals surface area contributed by atoms with E-state index in [0.29, 0.717) is 53.5 Å². The summed E-state index contributed by atoms with van der Waals surface area (Å²) in [6, 6.07) is 4.62. The summed E-state index contributed by atoms with van der Waals surface area (Å²) in [6.45, 7) is 9.74.